The summed E-state index contributed by atoms with van der Waals surface area (Å²) >= 11 is 0. The van der Waals surface area contributed by atoms with Crippen LogP contribution in [0.4, 0.5) is 5.69 Å². The van der Waals surface area contributed by atoms with Gasteiger partial charge in [-0.15, -0.1) is 0 Å². The van der Waals surface area contributed by atoms with Crippen LogP contribution >= 0.6 is 0 Å². The van der Waals surface area contributed by atoms with Gasteiger partial charge in [0.2, 0.25) is 0 Å². The van der Waals surface area contributed by atoms with Crippen LogP contribution in [0.5, 0.6) is 0 Å². The van der Waals surface area contributed by atoms with E-state index in [9.17, 15) is 9.59 Å². The van der Waals surface area contributed by atoms with Gasteiger partial charge < -0.3 is 14.8 Å². The molecule has 1 heterocycles. The van der Waals surface area contributed by atoms with Crippen LogP contribution in [0, 0.1) is 0 Å². The molecule has 0 atom stereocenters. The van der Waals surface area contributed by atoms with E-state index in [1.807, 2.05) is 41.2 Å². The van der Waals surface area contributed by atoms with Gasteiger partial charge in [0, 0.05) is 49.0 Å². The lowest BCUT2D eigenvalue weighted by molar-refractivity contribution is 0.0827. The van der Waals surface area contributed by atoms with Crippen LogP contribution in [-0.4, -0.2) is 35.4 Å². The van der Waals surface area contributed by atoms with Gasteiger partial charge in [-0.2, -0.15) is 0 Å². The topological polar surface area (TPSA) is 54.3 Å². The first-order valence-electron chi connectivity index (χ1n) is 7.91. The quantitative estimate of drug-likeness (QED) is 0.795. The number of aromatic nitrogens is 1. The molecule has 5 heteroatoms. The Morgan fingerprint density at radius 2 is 1.56 bits per heavy atom. The largest absolute Gasteiger partial charge is 0.345 e. The van der Waals surface area contributed by atoms with Gasteiger partial charge in [-0.3, -0.25) is 9.59 Å². The van der Waals surface area contributed by atoms with Gasteiger partial charge >= 0.3 is 0 Å². The molecule has 126 valence electrons. The minimum Gasteiger partial charge on any atom is -0.345 e. The number of nitrogens with one attached hydrogen (secondary N) is 1. The third kappa shape index (κ3) is 3.77. The number of anilines is 1. The molecule has 0 unspecified atom stereocenters. The molecular weight excluding hydrogens is 314 g/mol. The molecule has 0 fully saturated rings. The zero-order valence-electron chi connectivity index (χ0n) is 14.1. The summed E-state index contributed by atoms with van der Waals surface area (Å²) in [5.41, 5.74) is 2.67. The minimum atomic E-state index is -0.214. The second-order valence-electron chi connectivity index (χ2n) is 5.87. The van der Waals surface area contributed by atoms with Crippen molar-refractivity contribution in [2.45, 2.75) is 0 Å². The highest BCUT2D eigenvalue weighted by Crippen LogP contribution is 2.15. The molecule has 0 aliphatic carbocycles. The van der Waals surface area contributed by atoms with Crippen LogP contribution < -0.4 is 5.32 Å². The van der Waals surface area contributed by atoms with Gasteiger partial charge in [0.15, 0.2) is 0 Å². The Morgan fingerprint density at radius 3 is 2.20 bits per heavy atom. The van der Waals surface area contributed by atoms with Gasteiger partial charge in [-0.25, -0.2) is 0 Å². The SMILES string of the molecule is CN(C)C(=O)c1cccc(NC(=O)c2ccc(-n3cccc3)cc2)c1. The Kier molecular flexibility index (Phi) is 4.66. The summed E-state index contributed by atoms with van der Waals surface area (Å²) in [7, 11) is 3.39. The van der Waals surface area contributed by atoms with Crippen molar-refractivity contribution in [1.82, 2.24) is 9.47 Å². The number of benzene rings is 2. The molecule has 3 rings (SSSR count). The number of carbonyl (C=O) groups excluding carboxylic acids is 2. The Balaban J connectivity index is 1.74. The van der Waals surface area contributed by atoms with Crippen molar-refractivity contribution in [3.8, 4) is 5.69 Å². The fourth-order valence-corrected chi connectivity index (χ4v) is 2.48. The molecule has 0 aliphatic rings. The van der Waals surface area contributed by atoms with Crippen LogP contribution in [0.1, 0.15) is 20.7 Å². The lowest BCUT2D eigenvalue weighted by Crippen LogP contribution is -2.21. The molecule has 5 nitrogen and oxygen atoms in total. The van der Waals surface area contributed by atoms with Crippen molar-refractivity contribution in [2.24, 2.45) is 0 Å². The normalized spacial score (nSPS) is 10.3. The second kappa shape index (κ2) is 7.05. The van der Waals surface area contributed by atoms with Crippen LogP contribution in [0.3, 0.4) is 0 Å². The van der Waals surface area contributed by atoms with Gasteiger partial charge in [-0.05, 0) is 54.6 Å². The summed E-state index contributed by atoms with van der Waals surface area (Å²) in [6, 6.07) is 18.1. The molecule has 0 spiro atoms. The standard InChI is InChI=1S/C20H19N3O2/c1-22(2)20(25)16-6-5-7-17(14-16)21-19(24)15-8-10-18(11-9-15)23-12-3-4-13-23/h3-14H,1-2H3,(H,21,24). The van der Waals surface area contributed by atoms with Crippen molar-refractivity contribution in [3.63, 3.8) is 0 Å². The summed E-state index contributed by atoms with van der Waals surface area (Å²) in [6.07, 6.45) is 3.89. The number of rotatable bonds is 4. The monoisotopic (exact) mass is 333 g/mol. The average Bonchev–Trinajstić information content (AvgIpc) is 3.16. The Hall–Kier alpha value is -3.34. The number of nitrogens with zero attached hydrogens (tertiary/aromatic N) is 2. The van der Waals surface area contributed by atoms with E-state index in [-0.39, 0.29) is 11.8 Å². The number of carbonyl (C=O) groups is 2. The molecule has 1 N–H and O–H groups in total. The maximum Gasteiger partial charge on any atom is 0.255 e. The van der Waals surface area contributed by atoms with Crippen LogP contribution in [-0.2, 0) is 0 Å². The van der Waals surface area contributed by atoms with Crippen molar-refractivity contribution in [1.29, 1.82) is 0 Å². The zero-order chi connectivity index (χ0) is 17.8. The summed E-state index contributed by atoms with van der Waals surface area (Å²) in [4.78, 5) is 25.9. The lowest BCUT2D eigenvalue weighted by atomic mass is 10.1. The van der Waals surface area contributed by atoms with Gasteiger partial charge in [0.1, 0.15) is 0 Å². The molecule has 3 aromatic rings. The maximum absolute atomic E-state index is 12.4. The Bertz CT molecular complexity index is 882. The molecule has 2 amide bonds. The highest BCUT2D eigenvalue weighted by Gasteiger charge is 2.10. The third-order valence-corrected chi connectivity index (χ3v) is 3.81. The Morgan fingerprint density at radius 1 is 0.880 bits per heavy atom. The van der Waals surface area contributed by atoms with Crippen molar-refractivity contribution in [3.05, 3.63) is 84.2 Å². The van der Waals surface area contributed by atoms with E-state index in [1.165, 1.54) is 4.90 Å². The van der Waals surface area contributed by atoms with Crippen LogP contribution in [0.2, 0.25) is 0 Å². The smallest absolute Gasteiger partial charge is 0.255 e. The van der Waals surface area contributed by atoms with Crippen LogP contribution in [0.25, 0.3) is 5.69 Å². The summed E-state index contributed by atoms with van der Waals surface area (Å²) in [5, 5.41) is 2.83. The molecule has 0 bridgehead atoms. The van der Waals surface area contributed by atoms with Crippen LogP contribution in [0.15, 0.2) is 73.1 Å². The molecule has 0 aliphatic heterocycles. The van der Waals surface area contributed by atoms with Crippen molar-refractivity contribution < 1.29 is 9.59 Å². The number of hydrogen-bond acceptors (Lipinski definition) is 2. The number of amides is 2. The van der Waals surface area contributed by atoms with E-state index in [1.54, 1.807) is 50.5 Å². The predicted molar refractivity (Wildman–Crippen MR) is 98.2 cm³/mol. The fourth-order valence-electron chi connectivity index (χ4n) is 2.48. The minimum absolute atomic E-state index is 0.104. The fraction of sp³-hybridized carbons (Fsp3) is 0.100. The second-order valence-corrected chi connectivity index (χ2v) is 5.87. The predicted octanol–water partition coefficient (Wildman–Crippen LogP) is 3.43. The van der Waals surface area contributed by atoms with E-state index in [0.29, 0.717) is 16.8 Å². The summed E-state index contributed by atoms with van der Waals surface area (Å²) in [6.45, 7) is 0. The van der Waals surface area contributed by atoms with E-state index < -0.39 is 0 Å². The van der Waals surface area contributed by atoms with E-state index in [4.69, 9.17) is 0 Å². The van der Waals surface area contributed by atoms with Crippen molar-refractivity contribution in [2.75, 3.05) is 19.4 Å². The average molecular weight is 333 g/mol. The summed E-state index contributed by atoms with van der Waals surface area (Å²) < 4.78 is 1.97. The van der Waals surface area contributed by atoms with Crippen molar-refractivity contribution >= 4 is 17.5 Å². The highest BCUT2D eigenvalue weighted by atomic mass is 16.2. The third-order valence-electron chi connectivity index (χ3n) is 3.81. The molecule has 0 radical (unpaired) electrons. The van der Waals surface area contributed by atoms with Gasteiger partial charge in [0.25, 0.3) is 11.8 Å². The first kappa shape index (κ1) is 16.5. The zero-order valence-corrected chi connectivity index (χ0v) is 14.1. The number of hydrogen-bond donors (Lipinski definition) is 1. The molecule has 0 saturated heterocycles. The molecule has 1 aromatic heterocycles. The Labute approximate surface area is 146 Å². The van der Waals surface area contributed by atoms with Gasteiger partial charge in [0.05, 0.1) is 0 Å². The van der Waals surface area contributed by atoms with Gasteiger partial charge in [-0.1, -0.05) is 6.07 Å². The molecule has 25 heavy (non-hydrogen) atoms. The first-order valence-corrected chi connectivity index (χ1v) is 7.91. The molecule has 2 aromatic carbocycles. The summed E-state index contributed by atoms with van der Waals surface area (Å²) in [5.74, 6) is -0.319. The van der Waals surface area contributed by atoms with E-state index in [0.717, 1.165) is 5.69 Å². The molecular formula is C20H19N3O2. The van der Waals surface area contributed by atoms with E-state index in [2.05, 4.69) is 5.32 Å². The molecule has 0 saturated carbocycles. The lowest BCUT2D eigenvalue weighted by Gasteiger charge is -2.12. The van der Waals surface area contributed by atoms with E-state index >= 15 is 0 Å². The first-order chi connectivity index (χ1) is 12.0. The highest BCUT2D eigenvalue weighted by molar-refractivity contribution is 6.05. The maximum atomic E-state index is 12.4.